The Morgan fingerprint density at radius 1 is 1.22 bits per heavy atom. The lowest BCUT2D eigenvalue weighted by Gasteiger charge is -2.32. The highest BCUT2D eigenvalue weighted by molar-refractivity contribution is 7.89. The molecule has 1 fully saturated rings. The van der Waals surface area contributed by atoms with Crippen LogP contribution in [0.25, 0.3) is 0 Å². The van der Waals surface area contributed by atoms with E-state index < -0.39 is 15.9 Å². The maximum atomic E-state index is 13.1. The van der Waals surface area contributed by atoms with Gasteiger partial charge in [0.2, 0.25) is 15.9 Å². The molecule has 1 saturated heterocycles. The van der Waals surface area contributed by atoms with Crippen LogP contribution < -0.4 is 10.1 Å². The summed E-state index contributed by atoms with van der Waals surface area (Å²) in [5.74, 6) is 0.0539. The lowest BCUT2D eigenvalue weighted by molar-refractivity contribution is -0.126. The van der Waals surface area contributed by atoms with Gasteiger partial charge in [0.05, 0.1) is 24.0 Å². The molecule has 0 spiro atoms. The van der Waals surface area contributed by atoms with Gasteiger partial charge in [0, 0.05) is 24.7 Å². The van der Waals surface area contributed by atoms with Crippen LogP contribution in [-0.4, -0.2) is 64.4 Å². The van der Waals surface area contributed by atoms with Crippen molar-refractivity contribution in [3.05, 3.63) is 59.1 Å². The number of ether oxygens (including phenoxy) is 1. The highest BCUT2D eigenvalue weighted by Crippen LogP contribution is 2.27. The fourth-order valence-electron chi connectivity index (χ4n) is 3.93. The summed E-state index contributed by atoms with van der Waals surface area (Å²) in [4.78, 5) is 15.1. The number of nitrogens with one attached hydrogen (secondary N) is 1. The number of piperidine rings is 1. The van der Waals surface area contributed by atoms with E-state index in [2.05, 4.69) is 5.32 Å². The highest BCUT2D eigenvalue weighted by atomic mass is 35.5. The van der Waals surface area contributed by atoms with E-state index in [0.717, 1.165) is 5.56 Å². The summed E-state index contributed by atoms with van der Waals surface area (Å²) in [6, 6.07) is 13.8. The summed E-state index contributed by atoms with van der Waals surface area (Å²) in [5.41, 5.74) is 0.937. The number of methoxy groups -OCH3 is 1. The van der Waals surface area contributed by atoms with Gasteiger partial charge in [-0.15, -0.1) is 0 Å². The molecule has 1 heterocycles. The highest BCUT2D eigenvalue weighted by Gasteiger charge is 2.33. The third kappa shape index (κ3) is 5.61. The second-order valence-corrected chi connectivity index (χ2v) is 10.5. The fourth-order valence-corrected chi connectivity index (χ4v) is 5.71. The number of carbonyl (C=O) groups is 1. The zero-order chi connectivity index (χ0) is 23.3. The molecular weight excluding hydrogens is 450 g/mol. The van der Waals surface area contributed by atoms with Crippen LogP contribution in [0.5, 0.6) is 5.75 Å². The molecular formula is C23H30ClN3O4S. The minimum atomic E-state index is -3.67. The monoisotopic (exact) mass is 479 g/mol. The maximum Gasteiger partial charge on any atom is 0.243 e. The van der Waals surface area contributed by atoms with Gasteiger partial charge in [-0.25, -0.2) is 8.42 Å². The molecule has 0 saturated carbocycles. The van der Waals surface area contributed by atoms with Gasteiger partial charge >= 0.3 is 0 Å². The summed E-state index contributed by atoms with van der Waals surface area (Å²) in [5, 5.41) is 3.66. The second kappa shape index (κ2) is 10.7. The number of benzene rings is 2. The standard InChI is InChI=1S/C23H30ClN3O4S/c1-26(2)22(20-8-4-5-9-21(20)24)15-25-23(28)17-7-6-14-27(16-17)32(29,30)19-12-10-18(31-3)11-13-19/h4-5,8-13,17,22H,6-7,14-16H2,1-3H3,(H,25,28)/t17-,22+/m0/s1. The Balaban J connectivity index is 1.66. The SMILES string of the molecule is COc1ccc(S(=O)(=O)N2CCC[C@H](C(=O)NC[C@H](c3ccccc3Cl)N(C)C)C2)cc1. The first-order valence-corrected chi connectivity index (χ1v) is 12.4. The lowest BCUT2D eigenvalue weighted by Crippen LogP contribution is -2.46. The van der Waals surface area contributed by atoms with Crippen LogP contribution >= 0.6 is 11.6 Å². The molecule has 0 unspecified atom stereocenters. The molecule has 9 heteroatoms. The van der Waals surface area contributed by atoms with Gasteiger partial charge in [-0.1, -0.05) is 29.8 Å². The molecule has 2 aromatic rings. The van der Waals surface area contributed by atoms with Crippen LogP contribution in [-0.2, 0) is 14.8 Å². The van der Waals surface area contributed by atoms with Gasteiger partial charge < -0.3 is 15.0 Å². The Kier molecular flexibility index (Phi) is 8.16. The maximum absolute atomic E-state index is 13.1. The van der Waals surface area contributed by atoms with Crippen LogP contribution in [0.3, 0.4) is 0 Å². The third-order valence-electron chi connectivity index (χ3n) is 5.81. The predicted molar refractivity (Wildman–Crippen MR) is 125 cm³/mol. The van der Waals surface area contributed by atoms with Crippen molar-refractivity contribution in [2.75, 3.05) is 40.8 Å². The van der Waals surface area contributed by atoms with Gasteiger partial charge in [0.1, 0.15) is 5.75 Å². The van der Waals surface area contributed by atoms with E-state index in [1.54, 1.807) is 12.1 Å². The van der Waals surface area contributed by atoms with Gasteiger partial charge in [-0.05, 0) is 62.8 Å². The topological polar surface area (TPSA) is 79.0 Å². The zero-order valence-electron chi connectivity index (χ0n) is 18.6. The molecule has 174 valence electrons. The predicted octanol–water partition coefficient (Wildman–Crippen LogP) is 3.17. The number of hydrogen-bond donors (Lipinski definition) is 1. The Morgan fingerprint density at radius 2 is 1.91 bits per heavy atom. The first kappa shape index (κ1) is 24.5. The smallest absolute Gasteiger partial charge is 0.243 e. The molecule has 0 aliphatic carbocycles. The van der Waals surface area contributed by atoms with Gasteiger partial charge in [-0.3, -0.25) is 4.79 Å². The van der Waals surface area contributed by atoms with E-state index >= 15 is 0 Å². The van der Waals surface area contributed by atoms with Gasteiger partial charge in [0.25, 0.3) is 0 Å². The molecule has 1 amide bonds. The van der Waals surface area contributed by atoms with Crippen LogP contribution in [0, 0.1) is 5.92 Å². The van der Waals surface area contributed by atoms with Crippen LogP contribution in [0.1, 0.15) is 24.4 Å². The lowest BCUT2D eigenvalue weighted by atomic mass is 9.98. The summed E-state index contributed by atoms with van der Waals surface area (Å²) >= 11 is 6.35. The number of sulfonamides is 1. The number of halogens is 1. The molecule has 0 bridgehead atoms. The van der Waals surface area contributed by atoms with Crippen molar-refractivity contribution in [3.63, 3.8) is 0 Å². The van der Waals surface area contributed by atoms with Gasteiger partial charge in [0.15, 0.2) is 0 Å². The Morgan fingerprint density at radius 3 is 2.53 bits per heavy atom. The molecule has 0 radical (unpaired) electrons. The van der Waals surface area contributed by atoms with Crippen molar-refractivity contribution < 1.29 is 17.9 Å². The fraction of sp³-hybridized carbons (Fsp3) is 0.435. The van der Waals surface area contributed by atoms with Crippen molar-refractivity contribution in [1.29, 1.82) is 0 Å². The van der Waals surface area contributed by atoms with Crippen LogP contribution in [0.4, 0.5) is 0 Å². The van der Waals surface area contributed by atoms with E-state index in [0.29, 0.717) is 36.7 Å². The molecule has 32 heavy (non-hydrogen) atoms. The van der Waals surface area contributed by atoms with Crippen molar-refractivity contribution >= 4 is 27.5 Å². The number of hydrogen-bond acceptors (Lipinski definition) is 5. The van der Waals surface area contributed by atoms with Crippen molar-refractivity contribution in [2.45, 2.75) is 23.8 Å². The van der Waals surface area contributed by atoms with E-state index in [-0.39, 0.29) is 23.4 Å². The van der Waals surface area contributed by atoms with E-state index in [9.17, 15) is 13.2 Å². The Hall–Kier alpha value is -2.13. The summed E-state index contributed by atoms with van der Waals surface area (Å²) < 4.78 is 32.6. The number of rotatable bonds is 8. The summed E-state index contributed by atoms with van der Waals surface area (Å²) in [6.07, 6.45) is 1.29. The minimum absolute atomic E-state index is 0.0876. The average molecular weight is 480 g/mol. The second-order valence-electron chi connectivity index (χ2n) is 8.12. The summed E-state index contributed by atoms with van der Waals surface area (Å²) in [7, 11) is 1.73. The molecule has 1 N–H and O–H groups in total. The largest absolute Gasteiger partial charge is 0.497 e. The normalized spacial score (nSPS) is 18.3. The number of carbonyl (C=O) groups excluding carboxylic acids is 1. The average Bonchev–Trinajstić information content (AvgIpc) is 2.80. The molecule has 7 nitrogen and oxygen atoms in total. The van der Waals surface area contributed by atoms with E-state index in [1.165, 1.54) is 23.5 Å². The Bertz CT molecular complexity index is 1030. The molecule has 1 aliphatic rings. The van der Waals surface area contributed by atoms with Crippen LogP contribution in [0.15, 0.2) is 53.4 Å². The van der Waals surface area contributed by atoms with Crippen molar-refractivity contribution in [3.8, 4) is 5.75 Å². The molecule has 2 aromatic carbocycles. The quantitative estimate of drug-likeness (QED) is 0.629. The molecule has 1 aliphatic heterocycles. The third-order valence-corrected chi connectivity index (χ3v) is 8.03. The molecule has 2 atom stereocenters. The zero-order valence-corrected chi connectivity index (χ0v) is 20.2. The minimum Gasteiger partial charge on any atom is -0.497 e. The Labute approximate surface area is 195 Å². The summed E-state index contributed by atoms with van der Waals surface area (Å²) in [6.45, 7) is 0.953. The molecule has 3 rings (SSSR count). The molecule has 0 aromatic heterocycles. The van der Waals surface area contributed by atoms with Crippen molar-refractivity contribution in [2.24, 2.45) is 5.92 Å². The number of amides is 1. The first-order valence-electron chi connectivity index (χ1n) is 10.6. The number of likely N-dealkylation sites (N-methyl/N-ethyl adjacent to an activating group) is 1. The van der Waals surface area contributed by atoms with E-state index in [4.69, 9.17) is 16.3 Å². The first-order chi connectivity index (χ1) is 15.2. The van der Waals surface area contributed by atoms with E-state index in [1.807, 2.05) is 43.3 Å². The van der Waals surface area contributed by atoms with Crippen molar-refractivity contribution in [1.82, 2.24) is 14.5 Å². The van der Waals surface area contributed by atoms with Crippen LogP contribution in [0.2, 0.25) is 5.02 Å². The van der Waals surface area contributed by atoms with Gasteiger partial charge in [-0.2, -0.15) is 4.31 Å². The number of nitrogens with zero attached hydrogens (tertiary/aromatic N) is 2.